The number of hydrogen-bond donors (Lipinski definition) is 1. The molecule has 138 valence electrons. The Labute approximate surface area is 154 Å². The molecule has 6 nitrogen and oxygen atoms in total. The second kappa shape index (κ2) is 7.88. The van der Waals surface area contributed by atoms with Gasteiger partial charge in [-0.05, 0) is 43.3 Å². The lowest BCUT2D eigenvalue weighted by atomic mass is 10.2. The van der Waals surface area contributed by atoms with Crippen molar-refractivity contribution in [1.29, 1.82) is 0 Å². The molecule has 0 atom stereocenters. The molecule has 1 N–H and O–H groups in total. The Bertz CT molecular complexity index is 861. The van der Waals surface area contributed by atoms with Crippen molar-refractivity contribution in [2.24, 2.45) is 0 Å². The van der Waals surface area contributed by atoms with Gasteiger partial charge in [0.15, 0.2) is 0 Å². The van der Waals surface area contributed by atoms with Gasteiger partial charge in [-0.2, -0.15) is 0 Å². The molecular weight excluding hydrogens is 350 g/mol. The molecule has 1 amide bonds. The lowest BCUT2D eigenvalue weighted by Crippen LogP contribution is -2.34. The molecule has 2 aromatic carbocycles. The molecule has 0 aromatic heterocycles. The normalized spacial score (nSPS) is 15.3. The van der Waals surface area contributed by atoms with Crippen LogP contribution in [-0.4, -0.2) is 52.5 Å². The highest BCUT2D eigenvalue weighted by Crippen LogP contribution is 2.22. The van der Waals surface area contributed by atoms with Gasteiger partial charge in [0.1, 0.15) is 0 Å². The van der Waals surface area contributed by atoms with Crippen LogP contribution in [0.4, 0.5) is 5.69 Å². The van der Waals surface area contributed by atoms with Crippen LogP contribution in [0.3, 0.4) is 0 Å². The van der Waals surface area contributed by atoms with Crippen molar-refractivity contribution in [3.8, 4) is 0 Å². The molecule has 0 saturated carbocycles. The van der Waals surface area contributed by atoms with Gasteiger partial charge in [0.2, 0.25) is 0 Å². The summed E-state index contributed by atoms with van der Waals surface area (Å²) in [5.74, 6) is -0.131. The number of para-hydroxylation sites is 1. The summed E-state index contributed by atoms with van der Waals surface area (Å²) in [6.07, 6.45) is 0.889. The van der Waals surface area contributed by atoms with Crippen molar-refractivity contribution in [3.63, 3.8) is 0 Å². The molecule has 1 fully saturated rings. The van der Waals surface area contributed by atoms with E-state index in [1.54, 1.807) is 41.3 Å². The molecule has 26 heavy (non-hydrogen) atoms. The SMILES string of the molecule is CN(c1ccccc1)S(=O)(=O)c1cccc(C(=O)N2CCCNCC2)c1. The number of carbonyl (C=O) groups is 1. The van der Waals surface area contributed by atoms with E-state index in [-0.39, 0.29) is 10.8 Å². The number of amides is 1. The fourth-order valence-electron chi connectivity index (χ4n) is 2.96. The zero-order valence-electron chi connectivity index (χ0n) is 14.8. The van der Waals surface area contributed by atoms with Gasteiger partial charge in [-0.3, -0.25) is 9.10 Å². The number of hydrogen-bond acceptors (Lipinski definition) is 4. The van der Waals surface area contributed by atoms with Gasteiger partial charge >= 0.3 is 0 Å². The average molecular weight is 373 g/mol. The van der Waals surface area contributed by atoms with Crippen LogP contribution in [0.25, 0.3) is 0 Å². The predicted octanol–water partition coefficient (Wildman–Crippen LogP) is 1.95. The van der Waals surface area contributed by atoms with Crippen LogP contribution in [-0.2, 0) is 10.0 Å². The van der Waals surface area contributed by atoms with Crippen LogP contribution in [0.15, 0.2) is 59.5 Å². The summed E-state index contributed by atoms with van der Waals surface area (Å²) in [6.45, 7) is 2.94. The summed E-state index contributed by atoms with van der Waals surface area (Å²) in [5.41, 5.74) is 0.970. The van der Waals surface area contributed by atoms with Crippen LogP contribution in [0.2, 0.25) is 0 Å². The molecule has 1 aliphatic rings. The van der Waals surface area contributed by atoms with Crippen LogP contribution in [0.1, 0.15) is 16.8 Å². The van der Waals surface area contributed by atoms with Crippen LogP contribution >= 0.6 is 0 Å². The minimum atomic E-state index is -3.74. The molecule has 0 bridgehead atoms. The summed E-state index contributed by atoms with van der Waals surface area (Å²) >= 11 is 0. The van der Waals surface area contributed by atoms with E-state index in [1.165, 1.54) is 23.5 Å². The first-order chi connectivity index (χ1) is 12.5. The van der Waals surface area contributed by atoms with Crippen LogP contribution in [0.5, 0.6) is 0 Å². The Morgan fingerprint density at radius 3 is 2.58 bits per heavy atom. The molecular formula is C19H23N3O3S. The number of carbonyl (C=O) groups excluding carboxylic acids is 1. The maximum absolute atomic E-state index is 12.9. The van der Waals surface area contributed by atoms with E-state index in [2.05, 4.69) is 5.32 Å². The van der Waals surface area contributed by atoms with E-state index in [1.807, 2.05) is 6.07 Å². The monoisotopic (exact) mass is 373 g/mol. The molecule has 0 radical (unpaired) electrons. The smallest absolute Gasteiger partial charge is 0.264 e. The summed E-state index contributed by atoms with van der Waals surface area (Å²) in [5, 5.41) is 3.26. The second-order valence-corrected chi connectivity index (χ2v) is 8.20. The first-order valence-electron chi connectivity index (χ1n) is 8.64. The molecule has 1 heterocycles. The molecule has 3 rings (SSSR count). The van der Waals surface area contributed by atoms with Gasteiger partial charge in [0, 0.05) is 32.2 Å². The summed E-state index contributed by atoms with van der Waals surface area (Å²) in [4.78, 5) is 14.6. The Balaban J connectivity index is 1.87. The van der Waals surface area contributed by atoms with Crippen LogP contribution in [0, 0.1) is 0 Å². The lowest BCUT2D eigenvalue weighted by Gasteiger charge is -2.22. The molecule has 2 aromatic rings. The number of sulfonamides is 1. The van der Waals surface area contributed by atoms with E-state index < -0.39 is 10.0 Å². The van der Waals surface area contributed by atoms with Crippen molar-refractivity contribution in [2.45, 2.75) is 11.3 Å². The van der Waals surface area contributed by atoms with Crippen LogP contribution < -0.4 is 9.62 Å². The summed E-state index contributed by atoms with van der Waals surface area (Å²) in [6, 6.07) is 15.2. The van der Waals surface area contributed by atoms with Crippen molar-refractivity contribution < 1.29 is 13.2 Å². The van der Waals surface area contributed by atoms with Gasteiger partial charge in [-0.25, -0.2) is 8.42 Å². The Morgan fingerprint density at radius 2 is 1.81 bits per heavy atom. The molecule has 1 aliphatic heterocycles. The standard InChI is InChI=1S/C19H23N3O3S/c1-21(17-8-3-2-4-9-17)26(24,25)18-10-5-7-16(15-18)19(23)22-13-6-11-20-12-14-22/h2-5,7-10,15,20H,6,11-14H2,1H3. The maximum Gasteiger partial charge on any atom is 0.264 e. The van der Waals surface area contributed by atoms with Gasteiger partial charge in [-0.15, -0.1) is 0 Å². The molecule has 0 spiro atoms. The van der Waals surface area contributed by atoms with Crippen molar-refractivity contribution in [3.05, 3.63) is 60.2 Å². The quantitative estimate of drug-likeness (QED) is 0.889. The molecule has 0 aliphatic carbocycles. The largest absolute Gasteiger partial charge is 0.337 e. The highest BCUT2D eigenvalue weighted by molar-refractivity contribution is 7.92. The Kier molecular flexibility index (Phi) is 5.58. The van der Waals surface area contributed by atoms with E-state index in [0.29, 0.717) is 24.3 Å². The number of nitrogens with zero attached hydrogens (tertiary/aromatic N) is 2. The van der Waals surface area contributed by atoms with Gasteiger partial charge < -0.3 is 10.2 Å². The van der Waals surface area contributed by atoms with Gasteiger partial charge in [-0.1, -0.05) is 24.3 Å². The van der Waals surface area contributed by atoms with E-state index in [0.717, 1.165) is 19.5 Å². The maximum atomic E-state index is 12.9. The van der Waals surface area contributed by atoms with Crippen molar-refractivity contribution in [2.75, 3.05) is 37.5 Å². The summed E-state index contributed by atoms with van der Waals surface area (Å²) in [7, 11) is -2.22. The fourth-order valence-corrected chi connectivity index (χ4v) is 4.20. The second-order valence-electron chi connectivity index (χ2n) is 6.23. The Hall–Kier alpha value is -2.38. The molecule has 7 heteroatoms. The topological polar surface area (TPSA) is 69.7 Å². The minimum Gasteiger partial charge on any atom is -0.337 e. The third-order valence-electron chi connectivity index (χ3n) is 4.49. The lowest BCUT2D eigenvalue weighted by molar-refractivity contribution is 0.0766. The van der Waals surface area contributed by atoms with E-state index in [4.69, 9.17) is 0 Å². The number of nitrogens with one attached hydrogen (secondary N) is 1. The molecule has 0 unspecified atom stereocenters. The summed E-state index contributed by atoms with van der Waals surface area (Å²) < 4.78 is 27.1. The van der Waals surface area contributed by atoms with Crippen molar-refractivity contribution in [1.82, 2.24) is 10.2 Å². The van der Waals surface area contributed by atoms with E-state index >= 15 is 0 Å². The van der Waals surface area contributed by atoms with Crippen molar-refractivity contribution >= 4 is 21.6 Å². The Morgan fingerprint density at radius 1 is 1.04 bits per heavy atom. The highest BCUT2D eigenvalue weighted by atomic mass is 32.2. The third-order valence-corrected chi connectivity index (χ3v) is 6.27. The minimum absolute atomic E-state index is 0.114. The fraction of sp³-hybridized carbons (Fsp3) is 0.316. The third kappa shape index (κ3) is 3.89. The predicted molar refractivity (Wildman–Crippen MR) is 102 cm³/mol. The zero-order valence-corrected chi connectivity index (χ0v) is 15.6. The number of rotatable bonds is 4. The zero-order chi connectivity index (χ0) is 18.6. The van der Waals surface area contributed by atoms with Gasteiger partial charge in [0.25, 0.3) is 15.9 Å². The molecule has 1 saturated heterocycles. The number of benzene rings is 2. The van der Waals surface area contributed by atoms with E-state index in [9.17, 15) is 13.2 Å². The average Bonchev–Trinajstić information content (AvgIpc) is 2.97. The highest BCUT2D eigenvalue weighted by Gasteiger charge is 2.24. The number of anilines is 1. The first kappa shape index (κ1) is 18.4. The van der Waals surface area contributed by atoms with Gasteiger partial charge in [0.05, 0.1) is 10.6 Å². The first-order valence-corrected chi connectivity index (χ1v) is 10.1.